The number of benzene rings is 3. The van der Waals surface area contributed by atoms with Gasteiger partial charge in [0, 0.05) is 29.3 Å². The molecule has 0 aliphatic carbocycles. The van der Waals surface area contributed by atoms with Crippen LogP contribution in [0.15, 0.2) is 90.0 Å². The molecule has 0 spiro atoms. The minimum absolute atomic E-state index is 0.0648. The third-order valence-corrected chi connectivity index (χ3v) is 6.89. The standard InChI is InChI=1S/C27H21ClN2O5S/c1-35-27(32)18-8-6-17(7-9-18)22-16-20(36(2,33)34)11-12-21(22)26(31)30-19-10-13-24(28)23(15-19)25-5-3-4-14-29-25/h3-16H,1-2H3,(H,30,31). The summed E-state index contributed by atoms with van der Waals surface area (Å²) < 4.78 is 29.1. The van der Waals surface area contributed by atoms with Gasteiger partial charge in [-0.25, -0.2) is 13.2 Å². The van der Waals surface area contributed by atoms with Gasteiger partial charge in [0.15, 0.2) is 9.84 Å². The number of nitrogens with one attached hydrogen (secondary N) is 1. The van der Waals surface area contributed by atoms with Gasteiger partial charge in [0.05, 0.1) is 28.3 Å². The molecule has 0 saturated carbocycles. The maximum absolute atomic E-state index is 13.3. The summed E-state index contributed by atoms with van der Waals surface area (Å²) in [4.78, 5) is 29.5. The van der Waals surface area contributed by atoms with Gasteiger partial charge >= 0.3 is 5.97 Å². The van der Waals surface area contributed by atoms with Gasteiger partial charge < -0.3 is 10.1 Å². The lowest BCUT2D eigenvalue weighted by Crippen LogP contribution is -2.14. The minimum atomic E-state index is -3.53. The second-order valence-corrected chi connectivity index (χ2v) is 10.3. The molecule has 4 aromatic rings. The van der Waals surface area contributed by atoms with Gasteiger partial charge in [-0.15, -0.1) is 0 Å². The smallest absolute Gasteiger partial charge is 0.337 e. The number of nitrogens with zero attached hydrogens (tertiary/aromatic N) is 1. The Balaban J connectivity index is 1.73. The van der Waals surface area contributed by atoms with E-state index < -0.39 is 21.7 Å². The highest BCUT2D eigenvalue weighted by molar-refractivity contribution is 7.90. The highest BCUT2D eigenvalue weighted by Crippen LogP contribution is 2.31. The molecule has 4 rings (SSSR count). The Bertz CT molecular complexity index is 1550. The first-order valence-electron chi connectivity index (χ1n) is 10.7. The van der Waals surface area contributed by atoms with E-state index in [1.54, 1.807) is 54.7 Å². The van der Waals surface area contributed by atoms with E-state index in [9.17, 15) is 18.0 Å². The lowest BCUT2D eigenvalue weighted by Gasteiger charge is -2.14. The van der Waals surface area contributed by atoms with E-state index in [1.807, 2.05) is 12.1 Å². The Labute approximate surface area is 213 Å². The van der Waals surface area contributed by atoms with Crippen LogP contribution < -0.4 is 5.32 Å². The maximum Gasteiger partial charge on any atom is 0.337 e. The molecule has 1 amide bonds. The minimum Gasteiger partial charge on any atom is -0.465 e. The van der Waals surface area contributed by atoms with E-state index in [1.165, 1.54) is 25.3 Å². The second kappa shape index (κ2) is 10.3. The van der Waals surface area contributed by atoms with Crippen molar-refractivity contribution in [3.8, 4) is 22.4 Å². The lowest BCUT2D eigenvalue weighted by atomic mass is 9.98. The zero-order valence-electron chi connectivity index (χ0n) is 19.4. The van der Waals surface area contributed by atoms with Crippen molar-refractivity contribution in [2.24, 2.45) is 0 Å². The Hall–Kier alpha value is -4.01. The largest absolute Gasteiger partial charge is 0.465 e. The van der Waals surface area contributed by atoms with E-state index in [2.05, 4.69) is 10.3 Å². The first-order valence-corrected chi connectivity index (χ1v) is 13.0. The number of anilines is 1. The molecule has 0 aliphatic rings. The molecule has 0 fully saturated rings. The first-order chi connectivity index (χ1) is 17.2. The molecule has 182 valence electrons. The highest BCUT2D eigenvalue weighted by atomic mass is 35.5. The van der Waals surface area contributed by atoms with Crippen LogP contribution in [0.4, 0.5) is 5.69 Å². The molecule has 1 heterocycles. The van der Waals surface area contributed by atoms with Crippen LogP contribution in [0.1, 0.15) is 20.7 Å². The van der Waals surface area contributed by atoms with Gasteiger partial charge in [0.2, 0.25) is 0 Å². The number of carbonyl (C=O) groups is 2. The number of pyridine rings is 1. The molecule has 0 atom stereocenters. The van der Waals surface area contributed by atoms with Gasteiger partial charge in [-0.05, 0) is 71.8 Å². The fourth-order valence-corrected chi connectivity index (χ4v) is 4.48. The SMILES string of the molecule is COC(=O)c1ccc(-c2cc(S(C)(=O)=O)ccc2C(=O)Nc2ccc(Cl)c(-c3ccccn3)c2)cc1. The number of rotatable bonds is 6. The Kier molecular flexibility index (Phi) is 7.19. The lowest BCUT2D eigenvalue weighted by molar-refractivity contribution is 0.0600. The van der Waals surface area contributed by atoms with E-state index in [4.69, 9.17) is 16.3 Å². The number of methoxy groups -OCH3 is 1. The van der Waals surface area contributed by atoms with Gasteiger partial charge in [0.25, 0.3) is 5.91 Å². The van der Waals surface area contributed by atoms with Crippen LogP contribution >= 0.6 is 11.6 Å². The van der Waals surface area contributed by atoms with Gasteiger partial charge in [-0.1, -0.05) is 29.8 Å². The van der Waals surface area contributed by atoms with Crippen molar-refractivity contribution in [3.63, 3.8) is 0 Å². The van der Waals surface area contributed by atoms with Crippen molar-refractivity contribution < 1.29 is 22.7 Å². The molecule has 3 aromatic carbocycles. The summed E-state index contributed by atoms with van der Waals surface area (Å²) >= 11 is 6.35. The van der Waals surface area contributed by atoms with E-state index in [0.29, 0.717) is 38.7 Å². The predicted octanol–water partition coefficient (Wildman–Crippen LogP) is 5.51. The van der Waals surface area contributed by atoms with Crippen molar-refractivity contribution in [2.45, 2.75) is 4.90 Å². The van der Waals surface area contributed by atoms with Crippen LogP contribution in [-0.4, -0.2) is 38.6 Å². The molecule has 1 N–H and O–H groups in total. The second-order valence-electron chi connectivity index (χ2n) is 7.91. The summed E-state index contributed by atoms with van der Waals surface area (Å²) in [5.41, 5.74) is 3.33. The zero-order valence-corrected chi connectivity index (χ0v) is 20.9. The number of ether oxygens (including phenoxy) is 1. The van der Waals surface area contributed by atoms with Crippen LogP contribution in [0.2, 0.25) is 5.02 Å². The number of hydrogen-bond acceptors (Lipinski definition) is 6. The number of halogens is 1. The van der Waals surface area contributed by atoms with E-state index >= 15 is 0 Å². The monoisotopic (exact) mass is 520 g/mol. The number of carbonyl (C=O) groups excluding carboxylic acids is 2. The first kappa shape index (κ1) is 25.1. The molecule has 36 heavy (non-hydrogen) atoms. The number of sulfone groups is 1. The third kappa shape index (κ3) is 5.45. The molecule has 9 heteroatoms. The molecule has 0 saturated heterocycles. The number of esters is 1. The molecule has 1 aromatic heterocycles. The summed E-state index contributed by atoms with van der Waals surface area (Å²) in [6, 6.07) is 21.2. The normalized spacial score (nSPS) is 11.1. The van der Waals surface area contributed by atoms with Gasteiger partial charge in [-0.3, -0.25) is 9.78 Å². The topological polar surface area (TPSA) is 102 Å². The predicted molar refractivity (Wildman–Crippen MR) is 139 cm³/mol. The Morgan fingerprint density at radius 1 is 0.917 bits per heavy atom. The van der Waals surface area contributed by atoms with Crippen molar-refractivity contribution in [2.75, 3.05) is 18.7 Å². The molecular formula is C27H21ClN2O5S. The summed E-state index contributed by atoms with van der Waals surface area (Å²) in [6.45, 7) is 0. The van der Waals surface area contributed by atoms with E-state index in [-0.39, 0.29) is 10.5 Å². The van der Waals surface area contributed by atoms with Crippen molar-refractivity contribution in [3.05, 3.63) is 101 Å². The van der Waals surface area contributed by atoms with Crippen molar-refractivity contribution in [1.82, 2.24) is 4.98 Å². The number of aromatic nitrogens is 1. The fraction of sp³-hybridized carbons (Fsp3) is 0.0741. The average Bonchev–Trinajstić information content (AvgIpc) is 2.89. The quantitative estimate of drug-likeness (QED) is 0.336. The van der Waals surface area contributed by atoms with Crippen LogP contribution in [0.3, 0.4) is 0 Å². The summed E-state index contributed by atoms with van der Waals surface area (Å²) in [6.07, 6.45) is 2.75. The van der Waals surface area contributed by atoms with Crippen molar-refractivity contribution >= 4 is 39.0 Å². The fourth-order valence-electron chi connectivity index (χ4n) is 3.61. The van der Waals surface area contributed by atoms with Gasteiger partial charge in [0.1, 0.15) is 0 Å². The molecule has 0 bridgehead atoms. The maximum atomic E-state index is 13.3. The van der Waals surface area contributed by atoms with Crippen LogP contribution in [0.5, 0.6) is 0 Å². The summed E-state index contributed by atoms with van der Waals surface area (Å²) in [5.74, 6) is -0.952. The van der Waals surface area contributed by atoms with E-state index in [0.717, 1.165) is 6.26 Å². The van der Waals surface area contributed by atoms with Crippen LogP contribution in [-0.2, 0) is 14.6 Å². The molecule has 0 unspecified atom stereocenters. The molecule has 7 nitrogen and oxygen atoms in total. The Morgan fingerprint density at radius 2 is 1.67 bits per heavy atom. The Morgan fingerprint density at radius 3 is 2.31 bits per heavy atom. The highest BCUT2D eigenvalue weighted by Gasteiger charge is 2.18. The molecule has 0 aliphatic heterocycles. The zero-order chi connectivity index (χ0) is 25.9. The summed E-state index contributed by atoms with van der Waals surface area (Å²) in [7, 11) is -2.25. The van der Waals surface area contributed by atoms with Gasteiger partial charge in [-0.2, -0.15) is 0 Å². The van der Waals surface area contributed by atoms with Crippen molar-refractivity contribution in [1.29, 1.82) is 0 Å². The third-order valence-electron chi connectivity index (χ3n) is 5.45. The summed E-state index contributed by atoms with van der Waals surface area (Å²) in [5, 5.41) is 3.34. The number of amides is 1. The van der Waals surface area contributed by atoms with Crippen LogP contribution in [0, 0.1) is 0 Å². The number of hydrogen-bond donors (Lipinski definition) is 1. The average molecular weight is 521 g/mol. The van der Waals surface area contributed by atoms with Crippen LogP contribution in [0.25, 0.3) is 22.4 Å². The molecule has 0 radical (unpaired) electrons. The molecular weight excluding hydrogens is 500 g/mol.